The summed E-state index contributed by atoms with van der Waals surface area (Å²) in [5.74, 6) is -0.902. The molecule has 2 aliphatic heterocycles. The Morgan fingerprint density at radius 2 is 0.974 bits per heavy atom. The molecule has 2 saturated heterocycles. The van der Waals surface area contributed by atoms with Crippen LogP contribution in [-0.4, -0.2) is 72.5 Å². The lowest BCUT2D eigenvalue weighted by atomic mass is 9.87. The van der Waals surface area contributed by atoms with Crippen molar-refractivity contribution in [3.63, 3.8) is 0 Å². The molecule has 0 amide bonds. The molecule has 4 atom stereocenters. The first-order chi connectivity index (χ1) is 18.5. The van der Waals surface area contributed by atoms with Crippen molar-refractivity contribution in [2.24, 2.45) is 0 Å². The van der Waals surface area contributed by atoms with E-state index < -0.39 is 11.6 Å². The first kappa shape index (κ1) is 27.7. The van der Waals surface area contributed by atoms with Gasteiger partial charge in [0, 0.05) is 50.9 Å². The van der Waals surface area contributed by atoms with Crippen molar-refractivity contribution >= 4 is 0 Å². The zero-order chi connectivity index (χ0) is 26.3. The van der Waals surface area contributed by atoms with Gasteiger partial charge in [-0.3, -0.25) is 0 Å². The molecule has 8 heteroatoms. The molecular formula is C30H42N2O6. The van der Waals surface area contributed by atoms with E-state index in [1.54, 1.807) is 0 Å². The Labute approximate surface area is 225 Å². The highest BCUT2D eigenvalue weighted by molar-refractivity contribution is 5.15. The van der Waals surface area contributed by atoms with Crippen LogP contribution in [0.15, 0.2) is 60.7 Å². The van der Waals surface area contributed by atoms with Gasteiger partial charge < -0.3 is 39.8 Å². The quantitative estimate of drug-likeness (QED) is 0.456. The number of nitrogens with one attached hydrogen (secondary N) is 2. The van der Waals surface area contributed by atoms with Crippen molar-refractivity contribution in [2.75, 3.05) is 26.4 Å². The van der Waals surface area contributed by atoms with Gasteiger partial charge in [-0.2, -0.15) is 0 Å². The molecule has 6 rings (SSSR count). The molecule has 2 aromatic carbocycles. The van der Waals surface area contributed by atoms with Crippen molar-refractivity contribution in [2.45, 2.75) is 87.5 Å². The van der Waals surface area contributed by atoms with E-state index in [1.165, 1.54) is 11.1 Å². The van der Waals surface area contributed by atoms with Crippen LogP contribution in [0, 0.1) is 0 Å². The molecule has 2 spiro atoms. The third-order valence-electron chi connectivity index (χ3n) is 8.08. The maximum atomic E-state index is 10.1. The van der Waals surface area contributed by atoms with Crippen LogP contribution in [0.3, 0.4) is 0 Å². The minimum Gasteiger partial charge on any atom is -0.391 e. The van der Waals surface area contributed by atoms with E-state index in [0.29, 0.717) is 26.4 Å². The maximum absolute atomic E-state index is 10.1. The van der Waals surface area contributed by atoms with Gasteiger partial charge in [0.2, 0.25) is 0 Å². The van der Waals surface area contributed by atoms with Crippen molar-refractivity contribution in [1.82, 2.24) is 10.6 Å². The van der Waals surface area contributed by atoms with E-state index in [4.69, 9.17) is 18.9 Å². The SMILES string of the molecule is O[C@H]1CCC2(C[C@@H]1NCc1ccccc1)OCCO2.O[C@H]1CCC2(C[C@@H]1NCc1ccccc1)OCCO2. The first-order valence-electron chi connectivity index (χ1n) is 14.0. The predicted octanol–water partition coefficient (Wildman–Crippen LogP) is 2.87. The van der Waals surface area contributed by atoms with Gasteiger partial charge in [0.25, 0.3) is 0 Å². The Hall–Kier alpha value is -1.88. The Morgan fingerprint density at radius 1 is 0.605 bits per heavy atom. The lowest BCUT2D eigenvalue weighted by Crippen LogP contribution is -2.51. The molecule has 0 bridgehead atoms. The van der Waals surface area contributed by atoms with Gasteiger partial charge in [-0.1, -0.05) is 60.7 Å². The predicted molar refractivity (Wildman–Crippen MR) is 143 cm³/mol. The number of aliphatic hydroxyl groups is 2. The smallest absolute Gasteiger partial charge is 0.170 e. The molecule has 208 valence electrons. The van der Waals surface area contributed by atoms with E-state index in [9.17, 15) is 10.2 Å². The minimum absolute atomic E-state index is 0.0343. The number of ether oxygens (including phenoxy) is 4. The summed E-state index contributed by atoms with van der Waals surface area (Å²) < 4.78 is 23.0. The average Bonchev–Trinajstić information content (AvgIpc) is 3.61. The summed E-state index contributed by atoms with van der Waals surface area (Å²) in [6, 6.07) is 20.5. The highest BCUT2D eigenvalue weighted by Gasteiger charge is 2.45. The summed E-state index contributed by atoms with van der Waals surface area (Å²) >= 11 is 0. The number of rotatable bonds is 6. The number of benzene rings is 2. The van der Waals surface area contributed by atoms with Crippen molar-refractivity contribution in [1.29, 1.82) is 0 Å². The van der Waals surface area contributed by atoms with Crippen LogP contribution in [0.25, 0.3) is 0 Å². The molecule has 0 unspecified atom stereocenters. The molecule has 8 nitrogen and oxygen atoms in total. The third kappa shape index (κ3) is 7.20. The summed E-state index contributed by atoms with van der Waals surface area (Å²) in [5.41, 5.74) is 2.45. The summed E-state index contributed by atoms with van der Waals surface area (Å²) in [6.45, 7) is 4.20. The first-order valence-corrected chi connectivity index (χ1v) is 14.0. The van der Waals surface area contributed by atoms with Gasteiger partial charge in [0.1, 0.15) is 0 Å². The van der Waals surface area contributed by atoms with Gasteiger partial charge in [-0.05, 0) is 24.0 Å². The van der Waals surface area contributed by atoms with Crippen LogP contribution >= 0.6 is 0 Å². The normalized spacial score (nSPS) is 29.7. The molecule has 4 N–H and O–H groups in total. The second-order valence-corrected chi connectivity index (χ2v) is 10.8. The molecule has 38 heavy (non-hydrogen) atoms. The summed E-state index contributed by atoms with van der Waals surface area (Å²) in [5, 5.41) is 27.1. The van der Waals surface area contributed by atoms with Gasteiger partial charge in [-0.15, -0.1) is 0 Å². The molecule has 0 radical (unpaired) electrons. The minimum atomic E-state index is -0.451. The van der Waals surface area contributed by atoms with Crippen LogP contribution in [0.1, 0.15) is 49.7 Å². The van der Waals surface area contributed by atoms with Crippen molar-refractivity contribution < 1.29 is 29.2 Å². The molecular weight excluding hydrogens is 484 g/mol. The monoisotopic (exact) mass is 526 g/mol. The molecule has 2 aliphatic carbocycles. The van der Waals surface area contributed by atoms with Gasteiger partial charge in [-0.25, -0.2) is 0 Å². The molecule has 2 saturated carbocycles. The lowest BCUT2D eigenvalue weighted by Gasteiger charge is -2.39. The lowest BCUT2D eigenvalue weighted by molar-refractivity contribution is -0.195. The number of hydrogen-bond donors (Lipinski definition) is 4. The average molecular weight is 527 g/mol. The van der Waals surface area contributed by atoms with E-state index in [0.717, 1.165) is 51.6 Å². The van der Waals surface area contributed by atoms with E-state index in [2.05, 4.69) is 34.9 Å². The molecule has 2 aromatic rings. The Balaban J connectivity index is 0.000000155. The number of aliphatic hydroxyl groups excluding tert-OH is 2. The van der Waals surface area contributed by atoms with Crippen LogP contribution in [-0.2, 0) is 32.0 Å². The molecule has 4 aliphatic rings. The summed E-state index contributed by atoms with van der Waals surface area (Å²) in [6.07, 6.45) is 3.85. The van der Waals surface area contributed by atoms with Gasteiger partial charge in [0.05, 0.1) is 38.6 Å². The largest absolute Gasteiger partial charge is 0.391 e. The second-order valence-electron chi connectivity index (χ2n) is 10.8. The highest BCUT2D eigenvalue weighted by atomic mass is 16.7. The second kappa shape index (κ2) is 13.0. The van der Waals surface area contributed by atoms with E-state index >= 15 is 0 Å². The van der Waals surface area contributed by atoms with Crippen molar-refractivity contribution in [3.05, 3.63) is 71.8 Å². The van der Waals surface area contributed by atoms with Gasteiger partial charge >= 0.3 is 0 Å². The third-order valence-corrected chi connectivity index (χ3v) is 8.08. The fourth-order valence-corrected chi connectivity index (χ4v) is 5.91. The fraction of sp³-hybridized carbons (Fsp3) is 0.600. The van der Waals surface area contributed by atoms with Crippen LogP contribution in [0.2, 0.25) is 0 Å². The van der Waals surface area contributed by atoms with Crippen LogP contribution < -0.4 is 10.6 Å². The van der Waals surface area contributed by atoms with Crippen LogP contribution in [0.5, 0.6) is 0 Å². The standard InChI is InChI=1S/2C15H21NO3/c2*17-14-6-7-15(18-8-9-19-15)10-13(14)16-11-12-4-2-1-3-5-12/h2*1-5,13-14,16-17H,6-11H2/t2*13-,14-/m00/s1. The zero-order valence-corrected chi connectivity index (χ0v) is 22.1. The Bertz CT molecular complexity index is 886. The van der Waals surface area contributed by atoms with Crippen LogP contribution in [0.4, 0.5) is 0 Å². The summed E-state index contributed by atoms with van der Waals surface area (Å²) in [4.78, 5) is 0. The number of hydrogen-bond acceptors (Lipinski definition) is 8. The zero-order valence-electron chi connectivity index (χ0n) is 22.1. The maximum Gasteiger partial charge on any atom is 0.170 e. The van der Waals surface area contributed by atoms with E-state index in [1.807, 2.05) is 36.4 Å². The topological polar surface area (TPSA) is 101 Å². The molecule has 0 aromatic heterocycles. The highest BCUT2D eigenvalue weighted by Crippen LogP contribution is 2.37. The Morgan fingerprint density at radius 3 is 1.34 bits per heavy atom. The van der Waals surface area contributed by atoms with E-state index in [-0.39, 0.29) is 24.3 Å². The Kier molecular flexibility index (Phi) is 9.46. The molecule has 2 heterocycles. The van der Waals surface area contributed by atoms with Crippen molar-refractivity contribution in [3.8, 4) is 0 Å². The van der Waals surface area contributed by atoms with Gasteiger partial charge in [0.15, 0.2) is 11.6 Å². The summed E-state index contributed by atoms with van der Waals surface area (Å²) in [7, 11) is 0. The fourth-order valence-electron chi connectivity index (χ4n) is 5.91. The molecule has 4 fully saturated rings.